The van der Waals surface area contributed by atoms with E-state index in [1.54, 1.807) is 0 Å². The number of hydrogen-bond acceptors (Lipinski definition) is 3. The molecule has 1 unspecified atom stereocenters. The summed E-state index contributed by atoms with van der Waals surface area (Å²) in [5, 5.41) is 4.86. The number of aliphatic imine (C=N–C) groups is 1. The number of imidazole rings is 1. The molecule has 3 aromatic carbocycles. The molecule has 0 amide bonds. The number of nitrogens with zero attached hydrogens (tertiary/aromatic N) is 3. The van der Waals surface area contributed by atoms with Crippen molar-refractivity contribution in [2.75, 3.05) is 5.32 Å². The number of nitrogens with one attached hydrogen (secondary N) is 1. The van der Waals surface area contributed by atoms with Crippen LogP contribution in [0.15, 0.2) is 77.8 Å². The van der Waals surface area contributed by atoms with Gasteiger partial charge in [-0.05, 0) is 54.1 Å². The predicted octanol–water partition coefficient (Wildman–Crippen LogP) is 7.11. The number of rotatable bonds is 2. The van der Waals surface area contributed by atoms with Crippen LogP contribution in [0.2, 0.25) is 10.0 Å². The zero-order valence-electron chi connectivity index (χ0n) is 15.6. The largest absolute Gasteiger partial charge is 0.326 e. The first-order valence-electron chi connectivity index (χ1n) is 9.00. The van der Waals surface area contributed by atoms with Crippen molar-refractivity contribution >= 4 is 79.8 Å². The Balaban J connectivity index is 0.00000128. The Morgan fingerprint density at radius 2 is 1.47 bits per heavy atom. The molecule has 1 atom stereocenters. The van der Waals surface area contributed by atoms with Gasteiger partial charge in [0.2, 0.25) is 5.96 Å². The molecule has 0 saturated heterocycles. The van der Waals surface area contributed by atoms with Crippen LogP contribution in [0.1, 0.15) is 17.4 Å². The second-order valence-electron chi connectivity index (χ2n) is 6.71. The van der Waals surface area contributed by atoms with Gasteiger partial charge >= 0.3 is 0 Å². The molecular weight excluding hydrogens is 551 g/mol. The number of para-hydroxylation sites is 2. The maximum Gasteiger partial charge on any atom is 0.209 e. The fourth-order valence-corrected chi connectivity index (χ4v) is 3.75. The molecule has 4 aromatic rings. The highest BCUT2D eigenvalue weighted by Gasteiger charge is 2.25. The van der Waals surface area contributed by atoms with E-state index < -0.39 is 0 Å². The normalized spacial score (nSPS) is 14.9. The van der Waals surface area contributed by atoms with Gasteiger partial charge in [-0.2, -0.15) is 0 Å². The molecule has 8 heteroatoms. The van der Waals surface area contributed by atoms with Gasteiger partial charge in [-0.15, -0.1) is 34.0 Å². The smallest absolute Gasteiger partial charge is 0.209 e. The standard InChI is InChI=1S/C22H16Cl2N4.2BrH/c23-15-7-5-14(6-8-15)19-13-21-26-18-3-1-2-4-20(18)28(21)22(27-19)25-17-11-9-16(24)10-12-17;;/h1-12,19H,13H2,(H,25,27);2*1H. The minimum Gasteiger partial charge on any atom is -0.326 e. The summed E-state index contributed by atoms with van der Waals surface area (Å²) < 4.78 is 2.09. The van der Waals surface area contributed by atoms with Crippen molar-refractivity contribution in [3.8, 4) is 0 Å². The first kappa shape index (κ1) is 22.8. The highest BCUT2D eigenvalue weighted by molar-refractivity contribution is 8.93. The maximum absolute atomic E-state index is 6.06. The minimum absolute atomic E-state index is 0. The summed E-state index contributed by atoms with van der Waals surface area (Å²) in [6, 6.07) is 23.5. The summed E-state index contributed by atoms with van der Waals surface area (Å²) in [7, 11) is 0. The van der Waals surface area contributed by atoms with Gasteiger partial charge in [0.1, 0.15) is 5.82 Å². The zero-order valence-corrected chi connectivity index (χ0v) is 20.6. The third-order valence-electron chi connectivity index (χ3n) is 4.85. The van der Waals surface area contributed by atoms with Gasteiger partial charge in [-0.25, -0.2) is 9.98 Å². The molecule has 1 aliphatic heterocycles. The second kappa shape index (κ2) is 9.52. The van der Waals surface area contributed by atoms with Crippen molar-refractivity contribution < 1.29 is 0 Å². The fraction of sp³-hybridized carbons (Fsp3) is 0.0909. The molecule has 0 saturated carbocycles. The number of fused-ring (bicyclic) bond motifs is 3. The quantitative estimate of drug-likeness (QED) is 0.280. The number of anilines is 1. The lowest BCUT2D eigenvalue weighted by atomic mass is 10.0. The molecule has 30 heavy (non-hydrogen) atoms. The van der Waals surface area contributed by atoms with E-state index in [0.717, 1.165) is 45.5 Å². The lowest BCUT2D eigenvalue weighted by molar-refractivity contribution is 0.657. The van der Waals surface area contributed by atoms with Crippen LogP contribution in [-0.2, 0) is 6.42 Å². The lowest BCUT2D eigenvalue weighted by Crippen LogP contribution is -2.29. The van der Waals surface area contributed by atoms with E-state index in [9.17, 15) is 0 Å². The molecule has 154 valence electrons. The van der Waals surface area contributed by atoms with Gasteiger partial charge < -0.3 is 5.32 Å². The van der Waals surface area contributed by atoms with Gasteiger partial charge in [-0.3, -0.25) is 4.57 Å². The topological polar surface area (TPSA) is 42.2 Å². The summed E-state index contributed by atoms with van der Waals surface area (Å²) in [5.74, 6) is 1.73. The van der Waals surface area contributed by atoms with Gasteiger partial charge in [0, 0.05) is 22.2 Å². The third kappa shape index (κ3) is 4.42. The van der Waals surface area contributed by atoms with Crippen molar-refractivity contribution in [3.05, 3.63) is 94.2 Å². The second-order valence-corrected chi connectivity index (χ2v) is 7.58. The van der Waals surface area contributed by atoms with Gasteiger partial charge in [0.05, 0.1) is 17.1 Å². The molecule has 4 nitrogen and oxygen atoms in total. The molecule has 0 spiro atoms. The summed E-state index contributed by atoms with van der Waals surface area (Å²) >= 11 is 12.1. The van der Waals surface area contributed by atoms with Crippen molar-refractivity contribution in [2.45, 2.75) is 12.5 Å². The molecule has 0 aliphatic carbocycles. The maximum atomic E-state index is 6.06. The first-order chi connectivity index (χ1) is 13.7. The fourth-order valence-electron chi connectivity index (χ4n) is 3.50. The molecule has 2 heterocycles. The number of aromatic nitrogens is 2. The Morgan fingerprint density at radius 1 is 0.833 bits per heavy atom. The third-order valence-corrected chi connectivity index (χ3v) is 5.36. The van der Waals surface area contributed by atoms with E-state index in [0.29, 0.717) is 5.02 Å². The zero-order chi connectivity index (χ0) is 19.1. The molecule has 5 rings (SSSR count). The van der Waals surface area contributed by atoms with Gasteiger partial charge in [0.15, 0.2) is 0 Å². The highest BCUT2D eigenvalue weighted by atomic mass is 79.9. The van der Waals surface area contributed by atoms with Crippen LogP contribution in [0.3, 0.4) is 0 Å². The molecule has 1 N–H and O–H groups in total. The van der Waals surface area contributed by atoms with Crippen LogP contribution < -0.4 is 5.32 Å². The van der Waals surface area contributed by atoms with E-state index in [-0.39, 0.29) is 40.0 Å². The van der Waals surface area contributed by atoms with E-state index in [4.69, 9.17) is 33.2 Å². The number of benzene rings is 3. The number of hydrogen-bond donors (Lipinski definition) is 1. The van der Waals surface area contributed by atoms with Gasteiger partial charge in [0.25, 0.3) is 0 Å². The van der Waals surface area contributed by atoms with Crippen molar-refractivity contribution in [2.24, 2.45) is 4.99 Å². The Morgan fingerprint density at radius 3 is 2.17 bits per heavy atom. The van der Waals surface area contributed by atoms with Crippen LogP contribution in [0.25, 0.3) is 11.0 Å². The van der Waals surface area contributed by atoms with E-state index >= 15 is 0 Å². The molecular formula is C22H18Br2Cl2N4. The van der Waals surface area contributed by atoms with Crippen LogP contribution in [-0.4, -0.2) is 15.5 Å². The minimum atomic E-state index is -0.0311. The Hall–Kier alpha value is -1.86. The van der Waals surface area contributed by atoms with E-state index in [2.05, 4.69) is 16.0 Å². The monoisotopic (exact) mass is 566 g/mol. The highest BCUT2D eigenvalue weighted by Crippen LogP contribution is 2.30. The van der Waals surface area contributed by atoms with E-state index in [1.165, 1.54) is 0 Å². The van der Waals surface area contributed by atoms with Gasteiger partial charge in [-0.1, -0.05) is 47.5 Å². The summed E-state index contributed by atoms with van der Waals surface area (Å²) in [6.45, 7) is 0. The first-order valence-corrected chi connectivity index (χ1v) is 9.75. The Bertz CT molecular complexity index is 1190. The SMILES string of the molecule is Br.Br.Clc1ccc(NC2=NC(c3ccc(Cl)cc3)Cc3nc4ccccc4n32)cc1. The van der Waals surface area contributed by atoms with Crippen LogP contribution in [0.5, 0.6) is 0 Å². The van der Waals surface area contributed by atoms with Crippen molar-refractivity contribution in [1.82, 2.24) is 9.55 Å². The molecule has 0 radical (unpaired) electrons. The van der Waals surface area contributed by atoms with Crippen LogP contribution in [0.4, 0.5) is 5.69 Å². The number of halogens is 4. The molecule has 1 aromatic heterocycles. The van der Waals surface area contributed by atoms with E-state index in [1.807, 2.05) is 66.7 Å². The average molecular weight is 569 g/mol. The summed E-state index contributed by atoms with van der Waals surface area (Å²) in [5.41, 5.74) is 4.02. The van der Waals surface area contributed by atoms with Crippen molar-refractivity contribution in [1.29, 1.82) is 0 Å². The summed E-state index contributed by atoms with van der Waals surface area (Å²) in [6.07, 6.45) is 0.724. The summed E-state index contributed by atoms with van der Waals surface area (Å²) in [4.78, 5) is 9.86. The average Bonchev–Trinajstić information content (AvgIpc) is 3.09. The van der Waals surface area contributed by atoms with Crippen LogP contribution in [0, 0.1) is 0 Å². The Labute approximate surface area is 205 Å². The Kier molecular flexibility index (Phi) is 7.24. The lowest BCUT2D eigenvalue weighted by Gasteiger charge is -2.24. The molecule has 0 fully saturated rings. The molecule has 0 bridgehead atoms. The molecule has 1 aliphatic rings. The van der Waals surface area contributed by atoms with Crippen LogP contribution >= 0.6 is 57.2 Å². The predicted molar refractivity (Wildman–Crippen MR) is 136 cm³/mol. The van der Waals surface area contributed by atoms with Crippen molar-refractivity contribution in [3.63, 3.8) is 0 Å².